The third-order valence-electron chi connectivity index (χ3n) is 7.35. The largest absolute Gasteiger partial charge is 0.493 e. The summed E-state index contributed by atoms with van der Waals surface area (Å²) in [5, 5.41) is 9.80. The molecule has 6 nitrogen and oxygen atoms in total. The Kier molecular flexibility index (Phi) is 10.6. The van der Waals surface area contributed by atoms with Gasteiger partial charge in [-0.15, -0.1) is 0 Å². The summed E-state index contributed by atoms with van der Waals surface area (Å²) in [4.78, 5) is 12.0. The van der Waals surface area contributed by atoms with E-state index >= 15 is 0 Å². The molecule has 41 heavy (non-hydrogen) atoms. The van der Waals surface area contributed by atoms with Crippen molar-refractivity contribution in [2.45, 2.75) is 84.7 Å². The smallest absolute Gasteiger partial charge is 0.348 e. The lowest BCUT2D eigenvalue weighted by molar-refractivity contribution is -0.157. The third-order valence-corrected chi connectivity index (χ3v) is 7.35. The Morgan fingerprint density at radius 3 is 2.37 bits per heavy atom. The minimum absolute atomic E-state index is 0.481. The lowest BCUT2D eigenvalue weighted by atomic mass is 9.87. The maximum atomic E-state index is 12.0. The number of carboxylic acid groups (broad SMARTS) is 1. The van der Waals surface area contributed by atoms with Crippen molar-refractivity contribution < 1.29 is 28.8 Å². The van der Waals surface area contributed by atoms with E-state index in [0.717, 1.165) is 54.1 Å². The number of ether oxygens (including phenoxy) is 4. The van der Waals surface area contributed by atoms with Crippen LogP contribution in [0.2, 0.25) is 0 Å². The fraction of sp³-hybridized carbons (Fsp3) is 0.457. The molecular formula is C35H44O6. The number of hydrogen-bond acceptors (Lipinski definition) is 5. The Bertz CT molecular complexity index is 1280. The number of fused-ring (bicyclic) bond motifs is 1. The second-order valence-electron chi connectivity index (χ2n) is 11.3. The van der Waals surface area contributed by atoms with Gasteiger partial charge in [-0.2, -0.15) is 0 Å². The van der Waals surface area contributed by atoms with Crippen LogP contribution in [0.4, 0.5) is 0 Å². The van der Waals surface area contributed by atoms with Crippen LogP contribution < -0.4 is 18.9 Å². The van der Waals surface area contributed by atoms with E-state index in [4.69, 9.17) is 18.9 Å². The Balaban J connectivity index is 1.29. The highest BCUT2D eigenvalue weighted by atomic mass is 16.5. The fourth-order valence-electron chi connectivity index (χ4n) is 5.32. The summed E-state index contributed by atoms with van der Waals surface area (Å²) in [6, 6.07) is 20.1. The lowest BCUT2D eigenvalue weighted by Crippen LogP contribution is -2.47. The molecule has 220 valence electrons. The quantitative estimate of drug-likeness (QED) is 0.188. The van der Waals surface area contributed by atoms with Crippen LogP contribution in [-0.4, -0.2) is 29.9 Å². The van der Waals surface area contributed by atoms with E-state index in [2.05, 4.69) is 39.0 Å². The standard InChI is InChI=1S/C35H44O6/c1-5-8-28-23-31(40-29-12-9-26(10-13-29)22-25(3)4)15-16-32(28)39-21-7-20-38-30-14-11-27-17-19-35(18-6-2,34(36)37)41-33(27)24-30/h9-16,23-25H,5-8,17-22H2,1-4H3,(H,36,37)/t35-/m1/s1. The molecule has 0 bridgehead atoms. The molecule has 1 N–H and O–H groups in total. The number of aliphatic carboxylic acids is 1. The number of rotatable bonds is 15. The van der Waals surface area contributed by atoms with Crippen molar-refractivity contribution in [2.24, 2.45) is 5.92 Å². The minimum Gasteiger partial charge on any atom is -0.493 e. The first kappa shape index (κ1) is 30.3. The van der Waals surface area contributed by atoms with Gasteiger partial charge in [0.1, 0.15) is 28.7 Å². The normalized spacial score (nSPS) is 16.1. The second kappa shape index (κ2) is 14.3. The van der Waals surface area contributed by atoms with Gasteiger partial charge in [0.2, 0.25) is 5.60 Å². The molecule has 0 spiro atoms. The molecule has 0 radical (unpaired) electrons. The first-order valence-electron chi connectivity index (χ1n) is 15.0. The number of carboxylic acids is 1. The average Bonchev–Trinajstić information content (AvgIpc) is 2.94. The summed E-state index contributed by atoms with van der Waals surface area (Å²) in [5.41, 5.74) is 2.32. The summed E-state index contributed by atoms with van der Waals surface area (Å²) >= 11 is 0. The van der Waals surface area contributed by atoms with Gasteiger partial charge in [0, 0.05) is 18.9 Å². The van der Waals surface area contributed by atoms with Crippen molar-refractivity contribution in [1.82, 2.24) is 0 Å². The van der Waals surface area contributed by atoms with Crippen LogP contribution in [0.3, 0.4) is 0 Å². The molecule has 1 atom stereocenters. The van der Waals surface area contributed by atoms with E-state index in [1.54, 1.807) is 0 Å². The lowest BCUT2D eigenvalue weighted by Gasteiger charge is -2.35. The first-order valence-corrected chi connectivity index (χ1v) is 15.0. The molecule has 0 aliphatic carbocycles. The summed E-state index contributed by atoms with van der Waals surface area (Å²) in [7, 11) is 0. The molecule has 0 fully saturated rings. The molecule has 0 amide bonds. The fourth-order valence-corrected chi connectivity index (χ4v) is 5.32. The van der Waals surface area contributed by atoms with Crippen molar-refractivity contribution in [3.63, 3.8) is 0 Å². The van der Waals surface area contributed by atoms with Gasteiger partial charge < -0.3 is 24.1 Å². The van der Waals surface area contributed by atoms with Crippen LogP contribution in [0.25, 0.3) is 0 Å². The molecule has 0 aromatic heterocycles. The van der Waals surface area contributed by atoms with Crippen molar-refractivity contribution in [3.8, 4) is 28.7 Å². The molecule has 3 aromatic carbocycles. The number of benzene rings is 3. The summed E-state index contributed by atoms with van der Waals surface area (Å²) in [5.74, 6) is 3.52. The topological polar surface area (TPSA) is 74.2 Å². The summed E-state index contributed by atoms with van der Waals surface area (Å²) < 4.78 is 24.3. The maximum Gasteiger partial charge on any atom is 0.348 e. The second-order valence-corrected chi connectivity index (χ2v) is 11.3. The van der Waals surface area contributed by atoms with E-state index in [1.807, 2.05) is 49.4 Å². The molecule has 1 aliphatic rings. The van der Waals surface area contributed by atoms with E-state index < -0.39 is 11.6 Å². The average molecular weight is 561 g/mol. The number of aryl methyl sites for hydroxylation is 2. The van der Waals surface area contributed by atoms with Gasteiger partial charge in [-0.25, -0.2) is 4.79 Å². The van der Waals surface area contributed by atoms with Crippen LogP contribution in [0, 0.1) is 5.92 Å². The van der Waals surface area contributed by atoms with Crippen molar-refractivity contribution >= 4 is 5.97 Å². The summed E-state index contributed by atoms with van der Waals surface area (Å²) in [6.07, 6.45) is 6.09. The van der Waals surface area contributed by atoms with Crippen LogP contribution in [0.5, 0.6) is 28.7 Å². The molecule has 4 rings (SSSR count). The first-order chi connectivity index (χ1) is 19.8. The molecule has 6 heteroatoms. The molecule has 1 heterocycles. The highest BCUT2D eigenvalue weighted by Gasteiger charge is 2.43. The van der Waals surface area contributed by atoms with Gasteiger partial charge in [-0.3, -0.25) is 0 Å². The predicted molar refractivity (Wildman–Crippen MR) is 162 cm³/mol. The van der Waals surface area contributed by atoms with Crippen LogP contribution >= 0.6 is 0 Å². The van der Waals surface area contributed by atoms with Gasteiger partial charge in [0.15, 0.2) is 0 Å². The zero-order valence-electron chi connectivity index (χ0n) is 24.9. The molecule has 1 aliphatic heterocycles. The molecule has 0 saturated heterocycles. The highest BCUT2D eigenvalue weighted by molar-refractivity contribution is 5.78. The van der Waals surface area contributed by atoms with E-state index in [9.17, 15) is 9.90 Å². The minimum atomic E-state index is -1.15. The van der Waals surface area contributed by atoms with Gasteiger partial charge >= 0.3 is 5.97 Å². The zero-order chi connectivity index (χ0) is 29.2. The molecular weight excluding hydrogens is 516 g/mol. The van der Waals surface area contributed by atoms with Crippen molar-refractivity contribution in [3.05, 3.63) is 77.4 Å². The van der Waals surface area contributed by atoms with Crippen LogP contribution in [0.15, 0.2) is 60.7 Å². The van der Waals surface area contributed by atoms with E-state index in [-0.39, 0.29) is 0 Å². The van der Waals surface area contributed by atoms with Gasteiger partial charge in [-0.1, -0.05) is 58.7 Å². The van der Waals surface area contributed by atoms with Crippen molar-refractivity contribution in [2.75, 3.05) is 13.2 Å². The monoisotopic (exact) mass is 560 g/mol. The summed E-state index contributed by atoms with van der Waals surface area (Å²) in [6.45, 7) is 9.59. The van der Waals surface area contributed by atoms with Crippen LogP contribution in [-0.2, 0) is 24.1 Å². The Morgan fingerprint density at radius 2 is 1.66 bits per heavy atom. The Hall–Kier alpha value is -3.67. The number of carbonyl (C=O) groups is 1. The number of hydrogen-bond donors (Lipinski definition) is 1. The molecule has 0 saturated carbocycles. The van der Waals surface area contributed by atoms with Gasteiger partial charge in [0.05, 0.1) is 13.2 Å². The zero-order valence-corrected chi connectivity index (χ0v) is 24.9. The SMILES string of the molecule is CCCc1cc(Oc2ccc(CC(C)C)cc2)ccc1OCCCOc1ccc2c(c1)O[C@@](CCC)(C(=O)O)CC2. The van der Waals surface area contributed by atoms with Crippen molar-refractivity contribution in [1.29, 1.82) is 0 Å². The molecule has 3 aromatic rings. The highest BCUT2D eigenvalue weighted by Crippen LogP contribution is 2.38. The van der Waals surface area contributed by atoms with Gasteiger partial charge in [0.25, 0.3) is 0 Å². The van der Waals surface area contributed by atoms with Crippen LogP contribution in [0.1, 0.15) is 76.5 Å². The maximum absolute atomic E-state index is 12.0. The van der Waals surface area contributed by atoms with E-state index in [0.29, 0.717) is 56.3 Å². The Morgan fingerprint density at radius 1 is 0.927 bits per heavy atom. The predicted octanol–water partition coefficient (Wildman–Crippen LogP) is 8.43. The van der Waals surface area contributed by atoms with Gasteiger partial charge in [-0.05, 0) is 84.7 Å². The Labute approximate surface area is 244 Å². The van der Waals surface area contributed by atoms with E-state index in [1.165, 1.54) is 5.56 Å². The molecule has 0 unspecified atom stereocenters. The third kappa shape index (κ3) is 8.18.